The number of hydrogen-bond acceptors (Lipinski definition) is 3. The molecular formula is C13H17ClN2O2. The second kappa shape index (κ2) is 5.57. The van der Waals surface area contributed by atoms with E-state index in [0.29, 0.717) is 11.7 Å². The van der Waals surface area contributed by atoms with Gasteiger partial charge in [0.05, 0.1) is 10.6 Å². The van der Waals surface area contributed by atoms with E-state index < -0.39 is 5.97 Å². The minimum Gasteiger partial charge on any atom is -0.478 e. The van der Waals surface area contributed by atoms with E-state index in [4.69, 9.17) is 16.7 Å². The zero-order valence-electron chi connectivity index (χ0n) is 10.4. The fourth-order valence-electron chi connectivity index (χ4n) is 2.41. The summed E-state index contributed by atoms with van der Waals surface area (Å²) in [4.78, 5) is 17.4. The number of aromatic nitrogens is 1. The Hall–Kier alpha value is -1.29. The number of rotatable bonds is 3. The maximum absolute atomic E-state index is 11.0. The molecule has 0 amide bonds. The van der Waals surface area contributed by atoms with Gasteiger partial charge in [0, 0.05) is 19.3 Å². The Morgan fingerprint density at radius 2 is 2.44 bits per heavy atom. The Kier molecular flexibility index (Phi) is 4.07. The van der Waals surface area contributed by atoms with E-state index in [-0.39, 0.29) is 10.6 Å². The first-order valence-electron chi connectivity index (χ1n) is 6.26. The number of carbonyl (C=O) groups is 1. The molecular weight excluding hydrogens is 252 g/mol. The molecule has 0 aromatic carbocycles. The topological polar surface area (TPSA) is 53.4 Å². The number of hydrogen-bond donors (Lipinski definition) is 1. The van der Waals surface area contributed by atoms with Gasteiger partial charge in [-0.15, -0.1) is 0 Å². The third kappa shape index (κ3) is 2.58. The summed E-state index contributed by atoms with van der Waals surface area (Å²) in [7, 11) is 0. The average Bonchev–Trinajstić information content (AvgIpc) is 2.38. The van der Waals surface area contributed by atoms with Crippen molar-refractivity contribution in [3.63, 3.8) is 0 Å². The van der Waals surface area contributed by atoms with Crippen LogP contribution in [0.4, 0.5) is 5.82 Å². The highest BCUT2D eigenvalue weighted by Gasteiger charge is 2.23. The van der Waals surface area contributed by atoms with E-state index >= 15 is 0 Å². The van der Waals surface area contributed by atoms with Crippen LogP contribution in [-0.4, -0.2) is 29.1 Å². The molecule has 0 saturated carbocycles. The molecule has 1 unspecified atom stereocenters. The van der Waals surface area contributed by atoms with Crippen LogP contribution in [0.1, 0.15) is 36.5 Å². The molecule has 0 spiro atoms. The maximum Gasteiger partial charge on any atom is 0.337 e. The second-order valence-corrected chi connectivity index (χ2v) is 5.04. The van der Waals surface area contributed by atoms with Gasteiger partial charge in [0.15, 0.2) is 0 Å². The van der Waals surface area contributed by atoms with E-state index in [1.807, 2.05) is 0 Å². The first-order chi connectivity index (χ1) is 8.63. The Balaban J connectivity index is 2.27. The number of nitrogens with zero attached hydrogens (tertiary/aromatic N) is 2. The molecule has 18 heavy (non-hydrogen) atoms. The van der Waals surface area contributed by atoms with E-state index in [1.54, 1.807) is 0 Å². The first-order valence-corrected chi connectivity index (χ1v) is 6.64. The Bertz CT molecular complexity index is 451. The highest BCUT2D eigenvalue weighted by molar-refractivity contribution is 6.35. The summed E-state index contributed by atoms with van der Waals surface area (Å²) in [5.74, 6) is 0.243. The van der Waals surface area contributed by atoms with Crippen LogP contribution in [0.2, 0.25) is 5.02 Å². The lowest BCUT2D eigenvalue weighted by molar-refractivity contribution is 0.0697. The molecule has 1 aromatic rings. The summed E-state index contributed by atoms with van der Waals surface area (Å²) < 4.78 is 0. The molecule has 0 aliphatic carbocycles. The quantitative estimate of drug-likeness (QED) is 0.915. The average molecular weight is 269 g/mol. The van der Waals surface area contributed by atoms with Crippen LogP contribution in [0.3, 0.4) is 0 Å². The van der Waals surface area contributed by atoms with Gasteiger partial charge in [-0.1, -0.05) is 24.9 Å². The number of pyridine rings is 1. The fourth-order valence-corrected chi connectivity index (χ4v) is 2.72. The SMILES string of the molecule is CCC1CCCN(c2nccc(C(=O)O)c2Cl)C1. The number of carboxylic acid groups (broad SMARTS) is 1. The summed E-state index contributed by atoms with van der Waals surface area (Å²) in [6.45, 7) is 3.98. The van der Waals surface area contributed by atoms with Crippen LogP contribution in [-0.2, 0) is 0 Å². The number of anilines is 1. The molecule has 1 fully saturated rings. The van der Waals surface area contributed by atoms with Crippen LogP contribution >= 0.6 is 11.6 Å². The highest BCUT2D eigenvalue weighted by Crippen LogP contribution is 2.30. The molecule has 1 saturated heterocycles. The van der Waals surface area contributed by atoms with Gasteiger partial charge in [0.25, 0.3) is 0 Å². The predicted octanol–water partition coefficient (Wildman–Crippen LogP) is 3.06. The molecule has 1 aromatic heterocycles. The lowest BCUT2D eigenvalue weighted by Crippen LogP contribution is -2.36. The van der Waals surface area contributed by atoms with E-state index in [9.17, 15) is 4.79 Å². The monoisotopic (exact) mass is 268 g/mol. The largest absolute Gasteiger partial charge is 0.478 e. The van der Waals surface area contributed by atoms with Gasteiger partial charge in [-0.3, -0.25) is 0 Å². The Morgan fingerprint density at radius 3 is 3.11 bits per heavy atom. The zero-order chi connectivity index (χ0) is 13.1. The lowest BCUT2D eigenvalue weighted by Gasteiger charge is -2.33. The van der Waals surface area contributed by atoms with Crippen molar-refractivity contribution in [2.75, 3.05) is 18.0 Å². The fraction of sp³-hybridized carbons (Fsp3) is 0.538. The third-order valence-electron chi connectivity index (χ3n) is 3.50. The van der Waals surface area contributed by atoms with Crippen LogP contribution in [0.25, 0.3) is 0 Å². The van der Waals surface area contributed by atoms with Crippen molar-refractivity contribution < 1.29 is 9.90 Å². The predicted molar refractivity (Wildman–Crippen MR) is 71.4 cm³/mol. The number of carboxylic acids is 1. The molecule has 0 bridgehead atoms. The van der Waals surface area contributed by atoms with Crippen molar-refractivity contribution in [2.24, 2.45) is 5.92 Å². The zero-order valence-corrected chi connectivity index (χ0v) is 11.2. The number of halogens is 1. The van der Waals surface area contributed by atoms with Crippen molar-refractivity contribution in [2.45, 2.75) is 26.2 Å². The van der Waals surface area contributed by atoms with Gasteiger partial charge in [-0.25, -0.2) is 9.78 Å². The molecule has 5 heteroatoms. The minimum atomic E-state index is -1.01. The Labute approximate surface area is 112 Å². The van der Waals surface area contributed by atoms with Gasteiger partial charge >= 0.3 is 5.97 Å². The molecule has 1 N–H and O–H groups in total. The minimum absolute atomic E-state index is 0.125. The smallest absolute Gasteiger partial charge is 0.337 e. The Morgan fingerprint density at radius 1 is 1.67 bits per heavy atom. The standard InChI is InChI=1S/C13H17ClN2O2/c1-2-9-4-3-7-16(8-9)12-11(14)10(13(17)18)5-6-15-12/h5-6,9H,2-4,7-8H2,1H3,(H,17,18). The van der Waals surface area contributed by atoms with Gasteiger partial charge in [-0.2, -0.15) is 0 Å². The maximum atomic E-state index is 11.0. The second-order valence-electron chi connectivity index (χ2n) is 4.66. The number of aromatic carboxylic acids is 1. The molecule has 1 aliphatic heterocycles. The summed E-state index contributed by atoms with van der Waals surface area (Å²) in [5, 5.41) is 9.31. The van der Waals surface area contributed by atoms with E-state index in [1.165, 1.54) is 18.7 Å². The van der Waals surface area contributed by atoms with Crippen molar-refractivity contribution in [3.8, 4) is 0 Å². The van der Waals surface area contributed by atoms with Crippen LogP contribution in [0.15, 0.2) is 12.3 Å². The van der Waals surface area contributed by atoms with Crippen molar-refractivity contribution >= 4 is 23.4 Å². The van der Waals surface area contributed by atoms with Crippen molar-refractivity contribution in [3.05, 3.63) is 22.8 Å². The summed E-state index contributed by atoms with van der Waals surface area (Å²) in [6.07, 6.45) is 4.98. The first kappa shape index (κ1) is 13.1. The molecule has 2 rings (SSSR count). The lowest BCUT2D eigenvalue weighted by atomic mass is 9.95. The summed E-state index contributed by atoms with van der Waals surface area (Å²) in [5.41, 5.74) is 0.125. The number of piperidine rings is 1. The van der Waals surface area contributed by atoms with E-state index in [2.05, 4.69) is 16.8 Å². The molecule has 4 nitrogen and oxygen atoms in total. The van der Waals surface area contributed by atoms with E-state index in [0.717, 1.165) is 25.9 Å². The molecule has 0 radical (unpaired) electrons. The normalized spacial score (nSPS) is 19.9. The van der Waals surface area contributed by atoms with Gasteiger partial charge in [-0.05, 0) is 24.8 Å². The van der Waals surface area contributed by atoms with Crippen LogP contribution in [0.5, 0.6) is 0 Å². The van der Waals surface area contributed by atoms with Crippen LogP contribution < -0.4 is 4.90 Å². The molecule has 98 valence electrons. The third-order valence-corrected chi connectivity index (χ3v) is 3.87. The molecule has 1 atom stereocenters. The molecule has 2 heterocycles. The van der Waals surface area contributed by atoms with Gasteiger partial charge < -0.3 is 10.0 Å². The summed E-state index contributed by atoms with van der Waals surface area (Å²) in [6, 6.07) is 1.44. The van der Waals surface area contributed by atoms with Gasteiger partial charge in [0.2, 0.25) is 0 Å². The highest BCUT2D eigenvalue weighted by atomic mass is 35.5. The van der Waals surface area contributed by atoms with Crippen molar-refractivity contribution in [1.29, 1.82) is 0 Å². The van der Waals surface area contributed by atoms with Gasteiger partial charge in [0.1, 0.15) is 5.82 Å². The van der Waals surface area contributed by atoms with Crippen molar-refractivity contribution in [1.82, 2.24) is 4.98 Å². The summed E-state index contributed by atoms with van der Waals surface area (Å²) >= 11 is 6.14. The molecule has 1 aliphatic rings. The van der Waals surface area contributed by atoms with Crippen LogP contribution in [0, 0.1) is 5.92 Å².